The summed E-state index contributed by atoms with van der Waals surface area (Å²) in [6.45, 7) is 4.66. The molecule has 0 aliphatic carbocycles. The van der Waals surface area contributed by atoms with Gasteiger partial charge in [-0.15, -0.1) is 0 Å². The zero-order valence-corrected chi connectivity index (χ0v) is 13.5. The maximum atomic E-state index is 5.85. The Labute approximate surface area is 125 Å². The number of rotatable bonds is 10. The molecule has 19 heavy (non-hydrogen) atoms. The Hall–Kier alpha value is -0.150. The second-order valence-corrected chi connectivity index (χ2v) is 6.40. The molecule has 1 rings (SSSR count). The fraction of sp³-hybridized carbons (Fsp3) is 0.938. The van der Waals surface area contributed by atoms with E-state index in [2.05, 4.69) is 11.8 Å². The van der Waals surface area contributed by atoms with E-state index >= 15 is 0 Å². The quantitative estimate of drug-likeness (QED) is 0.480. The van der Waals surface area contributed by atoms with Crippen molar-refractivity contribution >= 4 is 17.2 Å². The van der Waals surface area contributed by atoms with Crippen molar-refractivity contribution in [3.8, 4) is 0 Å². The maximum Gasteiger partial charge on any atom is 0.0902 e. The zero-order valence-electron chi connectivity index (χ0n) is 12.7. The number of piperidine rings is 1. The lowest BCUT2D eigenvalue weighted by Crippen LogP contribution is -2.47. The largest absolute Gasteiger partial charge is 0.392 e. The molecule has 1 unspecified atom stereocenters. The van der Waals surface area contributed by atoms with E-state index in [0.29, 0.717) is 11.0 Å². The Kier molecular flexibility index (Phi) is 9.44. The van der Waals surface area contributed by atoms with Gasteiger partial charge in [0.25, 0.3) is 0 Å². The maximum absolute atomic E-state index is 5.85. The molecule has 112 valence electrons. The minimum atomic E-state index is 0.383. The average Bonchev–Trinajstić information content (AvgIpc) is 2.42. The van der Waals surface area contributed by atoms with Crippen LogP contribution in [-0.4, -0.2) is 29.0 Å². The lowest BCUT2D eigenvalue weighted by molar-refractivity contribution is 0.189. The topological polar surface area (TPSA) is 29.3 Å². The average molecular weight is 285 g/mol. The minimum absolute atomic E-state index is 0.383. The molecule has 2 N–H and O–H groups in total. The van der Waals surface area contributed by atoms with Crippen LogP contribution in [0.25, 0.3) is 0 Å². The molecule has 1 aliphatic rings. The normalized spacial score (nSPS) is 20.6. The standard InChI is InChI=1S/C16H32N2S/c1-2-3-4-5-6-7-8-10-13-18-14-11-9-12-15(18)16(17)19/h15H,2-14H2,1H3,(H2,17,19). The molecule has 1 fully saturated rings. The van der Waals surface area contributed by atoms with Crippen LogP contribution in [0.2, 0.25) is 0 Å². The smallest absolute Gasteiger partial charge is 0.0902 e. The van der Waals surface area contributed by atoms with E-state index in [9.17, 15) is 0 Å². The van der Waals surface area contributed by atoms with Gasteiger partial charge in [-0.3, -0.25) is 4.90 Å². The highest BCUT2D eigenvalue weighted by atomic mass is 32.1. The Morgan fingerprint density at radius 1 is 1.05 bits per heavy atom. The van der Waals surface area contributed by atoms with Crippen LogP contribution >= 0.6 is 12.2 Å². The van der Waals surface area contributed by atoms with Gasteiger partial charge in [0.05, 0.1) is 11.0 Å². The summed E-state index contributed by atoms with van der Waals surface area (Å²) in [6, 6.07) is 0.383. The molecular formula is C16H32N2S. The molecule has 0 aromatic heterocycles. The van der Waals surface area contributed by atoms with Crippen LogP contribution in [0.4, 0.5) is 0 Å². The Balaban J connectivity index is 2.02. The third kappa shape index (κ3) is 7.26. The van der Waals surface area contributed by atoms with Crippen molar-refractivity contribution in [2.75, 3.05) is 13.1 Å². The van der Waals surface area contributed by atoms with Crippen LogP contribution in [0, 0.1) is 0 Å². The molecule has 0 aromatic rings. The van der Waals surface area contributed by atoms with Crippen LogP contribution in [0.1, 0.15) is 77.6 Å². The number of hydrogen-bond donors (Lipinski definition) is 1. The molecule has 1 saturated heterocycles. The van der Waals surface area contributed by atoms with Gasteiger partial charge in [0.1, 0.15) is 0 Å². The zero-order chi connectivity index (χ0) is 13.9. The SMILES string of the molecule is CCCCCCCCCCN1CCCCC1C(N)=S. The molecule has 0 amide bonds. The first-order valence-corrected chi connectivity index (χ1v) is 8.70. The highest BCUT2D eigenvalue weighted by molar-refractivity contribution is 7.80. The van der Waals surface area contributed by atoms with Gasteiger partial charge < -0.3 is 5.73 Å². The van der Waals surface area contributed by atoms with Crippen LogP contribution in [0.15, 0.2) is 0 Å². The lowest BCUT2D eigenvalue weighted by Gasteiger charge is -2.35. The number of thiocarbonyl (C=S) groups is 1. The predicted octanol–water partition coefficient (Wildman–Crippen LogP) is 4.27. The first kappa shape index (κ1) is 16.9. The first-order chi connectivity index (χ1) is 9.25. The number of hydrogen-bond acceptors (Lipinski definition) is 2. The van der Waals surface area contributed by atoms with Crippen molar-refractivity contribution in [1.29, 1.82) is 0 Å². The highest BCUT2D eigenvalue weighted by Crippen LogP contribution is 2.18. The van der Waals surface area contributed by atoms with E-state index < -0.39 is 0 Å². The highest BCUT2D eigenvalue weighted by Gasteiger charge is 2.23. The minimum Gasteiger partial charge on any atom is -0.392 e. The molecule has 0 spiro atoms. The van der Waals surface area contributed by atoms with Crippen molar-refractivity contribution in [3.63, 3.8) is 0 Å². The monoisotopic (exact) mass is 284 g/mol. The number of likely N-dealkylation sites (tertiary alicyclic amines) is 1. The summed E-state index contributed by atoms with van der Waals surface area (Å²) < 4.78 is 0. The van der Waals surface area contributed by atoms with Crippen LogP contribution < -0.4 is 5.73 Å². The molecule has 0 saturated carbocycles. The summed E-state index contributed by atoms with van der Waals surface area (Å²) in [5.41, 5.74) is 5.85. The van der Waals surface area contributed by atoms with Gasteiger partial charge in [-0.1, -0.05) is 70.5 Å². The second-order valence-electron chi connectivity index (χ2n) is 5.92. The Morgan fingerprint density at radius 2 is 1.68 bits per heavy atom. The van der Waals surface area contributed by atoms with E-state index in [1.54, 1.807) is 0 Å². The Bertz CT molecular complexity index is 243. The number of unbranched alkanes of at least 4 members (excludes halogenated alkanes) is 7. The van der Waals surface area contributed by atoms with E-state index in [1.807, 2.05) is 0 Å². The van der Waals surface area contributed by atoms with Gasteiger partial charge >= 0.3 is 0 Å². The second kappa shape index (κ2) is 10.6. The third-order valence-electron chi connectivity index (χ3n) is 4.24. The van der Waals surface area contributed by atoms with Crippen LogP contribution in [-0.2, 0) is 0 Å². The van der Waals surface area contributed by atoms with Gasteiger partial charge in [0.2, 0.25) is 0 Å². The fourth-order valence-electron chi connectivity index (χ4n) is 3.03. The molecule has 0 radical (unpaired) electrons. The summed E-state index contributed by atoms with van der Waals surface area (Å²) >= 11 is 5.19. The Morgan fingerprint density at radius 3 is 2.32 bits per heavy atom. The molecule has 3 heteroatoms. The van der Waals surface area contributed by atoms with Crippen LogP contribution in [0.5, 0.6) is 0 Å². The summed E-state index contributed by atoms with van der Waals surface area (Å²) in [5.74, 6) is 0. The summed E-state index contributed by atoms with van der Waals surface area (Å²) in [5, 5.41) is 0. The van der Waals surface area contributed by atoms with Crippen molar-refractivity contribution < 1.29 is 0 Å². The van der Waals surface area contributed by atoms with E-state index in [0.717, 1.165) is 0 Å². The lowest BCUT2D eigenvalue weighted by atomic mass is 10.0. The van der Waals surface area contributed by atoms with Crippen molar-refractivity contribution in [2.45, 2.75) is 83.6 Å². The third-order valence-corrected chi connectivity index (χ3v) is 4.51. The summed E-state index contributed by atoms with van der Waals surface area (Å²) in [4.78, 5) is 3.22. The van der Waals surface area contributed by atoms with Gasteiger partial charge in [0, 0.05) is 0 Å². The van der Waals surface area contributed by atoms with Crippen molar-refractivity contribution in [2.24, 2.45) is 5.73 Å². The van der Waals surface area contributed by atoms with E-state index in [4.69, 9.17) is 18.0 Å². The number of nitrogens with two attached hydrogens (primary N) is 1. The summed E-state index contributed by atoms with van der Waals surface area (Å²) in [7, 11) is 0. The fourth-order valence-corrected chi connectivity index (χ4v) is 3.30. The molecule has 1 heterocycles. The molecule has 0 aromatic carbocycles. The van der Waals surface area contributed by atoms with Gasteiger partial charge in [-0.05, 0) is 32.4 Å². The molecule has 1 aliphatic heterocycles. The predicted molar refractivity (Wildman–Crippen MR) is 88.6 cm³/mol. The molecular weight excluding hydrogens is 252 g/mol. The van der Waals surface area contributed by atoms with Crippen molar-refractivity contribution in [3.05, 3.63) is 0 Å². The van der Waals surface area contributed by atoms with E-state index in [-0.39, 0.29) is 0 Å². The van der Waals surface area contributed by atoms with Gasteiger partial charge in [-0.25, -0.2) is 0 Å². The van der Waals surface area contributed by atoms with Gasteiger partial charge in [0.15, 0.2) is 0 Å². The molecule has 2 nitrogen and oxygen atoms in total. The van der Waals surface area contributed by atoms with Gasteiger partial charge in [-0.2, -0.15) is 0 Å². The first-order valence-electron chi connectivity index (χ1n) is 8.29. The summed E-state index contributed by atoms with van der Waals surface area (Å²) in [6.07, 6.45) is 14.9. The number of nitrogens with zero attached hydrogens (tertiary/aromatic N) is 1. The molecule has 1 atom stereocenters. The van der Waals surface area contributed by atoms with Crippen molar-refractivity contribution in [1.82, 2.24) is 4.90 Å². The van der Waals surface area contributed by atoms with E-state index in [1.165, 1.54) is 83.7 Å². The van der Waals surface area contributed by atoms with Crippen LogP contribution in [0.3, 0.4) is 0 Å². The molecule has 0 bridgehead atoms.